The lowest BCUT2D eigenvalue weighted by molar-refractivity contribution is 0.0912. The third kappa shape index (κ3) is 3.21. The number of amides is 1. The van der Waals surface area contributed by atoms with Gasteiger partial charge in [0.05, 0.1) is 11.6 Å². The number of aryl methyl sites for hydroxylation is 1. The van der Waals surface area contributed by atoms with Crippen molar-refractivity contribution in [2.24, 2.45) is 0 Å². The molecule has 0 radical (unpaired) electrons. The molecule has 20 heavy (non-hydrogen) atoms. The topological polar surface area (TPSA) is 52.9 Å². The molecular weight excluding hydrogens is 316 g/mol. The molecule has 3 nitrogen and oxygen atoms in total. The van der Waals surface area contributed by atoms with Crippen molar-refractivity contribution in [3.63, 3.8) is 0 Å². The number of hydrogen-bond acceptors (Lipinski definition) is 2. The van der Waals surface area contributed by atoms with Crippen LogP contribution in [0.1, 0.15) is 54.4 Å². The second-order valence-corrected chi connectivity index (χ2v) is 6.29. The summed E-state index contributed by atoms with van der Waals surface area (Å²) in [6.07, 6.45) is 5.80. The smallest absolute Gasteiger partial charge is 0.253 e. The van der Waals surface area contributed by atoms with Crippen molar-refractivity contribution in [1.29, 1.82) is 5.26 Å². The highest BCUT2D eigenvalue weighted by Crippen LogP contribution is 2.28. The number of halogens is 1. The number of carbonyl (C=O) groups excluding carboxylic acids is 1. The minimum Gasteiger partial charge on any atom is -0.334 e. The van der Waals surface area contributed by atoms with Gasteiger partial charge in [0, 0.05) is 4.47 Å². The van der Waals surface area contributed by atoms with Crippen LogP contribution >= 0.6 is 15.9 Å². The Bertz CT molecular complexity index is 540. The lowest BCUT2D eigenvalue weighted by Gasteiger charge is -2.26. The van der Waals surface area contributed by atoms with Crippen LogP contribution < -0.4 is 5.32 Å². The highest BCUT2D eigenvalue weighted by atomic mass is 79.9. The molecule has 0 heterocycles. The van der Waals surface area contributed by atoms with E-state index in [0.717, 1.165) is 48.6 Å². The fraction of sp³-hybridized carbons (Fsp3) is 0.500. The summed E-state index contributed by atoms with van der Waals surface area (Å²) in [4.78, 5) is 12.5. The van der Waals surface area contributed by atoms with Crippen LogP contribution in [0.2, 0.25) is 0 Å². The molecule has 4 heteroatoms. The first-order valence-corrected chi connectivity index (χ1v) is 7.86. The van der Waals surface area contributed by atoms with Gasteiger partial charge in [-0.1, -0.05) is 37.8 Å². The Morgan fingerprint density at radius 2 is 1.95 bits per heavy atom. The predicted octanol–water partition coefficient (Wildman–Crippen LogP) is 4.10. The summed E-state index contributed by atoms with van der Waals surface area (Å²) in [6, 6.07) is 7.94. The standard InChI is InChI=1S/C16H19BrN2O/c1-12-7-6-8-13(14(12)17)15(20)19-16(11-18)9-4-2-3-5-10-16/h6-8H,2-5,9-10H2,1H3,(H,19,20). The van der Waals surface area contributed by atoms with E-state index < -0.39 is 5.54 Å². The molecular formula is C16H19BrN2O. The molecule has 0 unspecified atom stereocenters. The van der Waals surface area contributed by atoms with Crippen LogP contribution in [0.3, 0.4) is 0 Å². The number of nitrogens with one attached hydrogen (secondary N) is 1. The summed E-state index contributed by atoms with van der Waals surface area (Å²) >= 11 is 3.46. The Kier molecular flexibility index (Phi) is 4.82. The molecule has 1 amide bonds. The fourth-order valence-electron chi connectivity index (χ4n) is 2.70. The van der Waals surface area contributed by atoms with Crippen LogP contribution in [0.5, 0.6) is 0 Å². The Morgan fingerprint density at radius 3 is 2.55 bits per heavy atom. The monoisotopic (exact) mass is 334 g/mol. The number of hydrogen-bond donors (Lipinski definition) is 1. The maximum absolute atomic E-state index is 12.5. The molecule has 1 aromatic rings. The summed E-state index contributed by atoms with van der Waals surface area (Å²) < 4.78 is 0.805. The maximum Gasteiger partial charge on any atom is 0.253 e. The van der Waals surface area contributed by atoms with Gasteiger partial charge in [0.2, 0.25) is 0 Å². The zero-order valence-corrected chi connectivity index (χ0v) is 13.3. The highest BCUT2D eigenvalue weighted by molar-refractivity contribution is 9.10. The van der Waals surface area contributed by atoms with Crippen molar-refractivity contribution in [3.05, 3.63) is 33.8 Å². The van der Waals surface area contributed by atoms with Gasteiger partial charge >= 0.3 is 0 Å². The van der Waals surface area contributed by atoms with Gasteiger partial charge in [-0.05, 0) is 47.3 Å². The van der Waals surface area contributed by atoms with Crippen molar-refractivity contribution in [2.75, 3.05) is 0 Å². The third-order valence-corrected chi connectivity index (χ3v) is 5.01. The molecule has 1 N–H and O–H groups in total. The van der Waals surface area contributed by atoms with Crippen LogP contribution in [0.15, 0.2) is 22.7 Å². The van der Waals surface area contributed by atoms with E-state index in [1.807, 2.05) is 19.1 Å². The largest absolute Gasteiger partial charge is 0.334 e. The number of carbonyl (C=O) groups is 1. The normalized spacial score (nSPS) is 17.9. The Hall–Kier alpha value is -1.34. The molecule has 0 aromatic heterocycles. The first-order chi connectivity index (χ1) is 9.58. The van der Waals surface area contributed by atoms with Gasteiger partial charge in [0.1, 0.15) is 5.54 Å². The van der Waals surface area contributed by atoms with E-state index in [4.69, 9.17) is 0 Å². The SMILES string of the molecule is Cc1cccc(C(=O)NC2(C#N)CCCCCC2)c1Br. The van der Waals surface area contributed by atoms with E-state index in [9.17, 15) is 10.1 Å². The molecule has 1 fully saturated rings. The van der Waals surface area contributed by atoms with E-state index in [-0.39, 0.29) is 5.91 Å². The molecule has 1 saturated carbocycles. The Morgan fingerprint density at radius 1 is 1.30 bits per heavy atom. The molecule has 0 aliphatic heterocycles. The molecule has 0 saturated heterocycles. The van der Waals surface area contributed by atoms with Crippen molar-refractivity contribution >= 4 is 21.8 Å². The Balaban J connectivity index is 2.21. The molecule has 2 rings (SSSR count). The van der Waals surface area contributed by atoms with Crippen molar-refractivity contribution in [1.82, 2.24) is 5.32 Å². The van der Waals surface area contributed by atoms with Gasteiger partial charge in [0.15, 0.2) is 0 Å². The molecule has 1 aliphatic rings. The molecule has 106 valence electrons. The molecule has 0 bridgehead atoms. The summed E-state index contributed by atoms with van der Waals surface area (Å²) in [7, 11) is 0. The number of nitrogens with zero attached hydrogens (tertiary/aromatic N) is 1. The number of rotatable bonds is 2. The van der Waals surface area contributed by atoms with E-state index in [0.29, 0.717) is 5.56 Å². The minimum atomic E-state index is -0.698. The predicted molar refractivity (Wildman–Crippen MR) is 82.4 cm³/mol. The molecule has 1 aliphatic carbocycles. The number of nitriles is 1. The Labute approximate surface area is 128 Å². The molecule has 1 aromatic carbocycles. The zero-order chi connectivity index (χ0) is 14.6. The average Bonchev–Trinajstić information content (AvgIpc) is 2.68. The van der Waals surface area contributed by atoms with E-state index >= 15 is 0 Å². The maximum atomic E-state index is 12.5. The van der Waals surface area contributed by atoms with E-state index in [1.165, 1.54) is 0 Å². The molecule has 0 atom stereocenters. The van der Waals surface area contributed by atoms with Crippen LogP contribution in [-0.2, 0) is 0 Å². The van der Waals surface area contributed by atoms with Crippen molar-refractivity contribution in [3.8, 4) is 6.07 Å². The number of benzene rings is 1. The second-order valence-electron chi connectivity index (χ2n) is 5.50. The van der Waals surface area contributed by atoms with Crippen molar-refractivity contribution in [2.45, 2.75) is 51.0 Å². The first-order valence-electron chi connectivity index (χ1n) is 7.07. The molecule has 0 spiro atoms. The van der Waals surface area contributed by atoms with Gasteiger partial charge < -0.3 is 5.32 Å². The van der Waals surface area contributed by atoms with Crippen LogP contribution in [0, 0.1) is 18.3 Å². The van der Waals surface area contributed by atoms with E-state index in [2.05, 4.69) is 27.3 Å². The average molecular weight is 335 g/mol. The van der Waals surface area contributed by atoms with Crippen molar-refractivity contribution < 1.29 is 4.79 Å². The lowest BCUT2D eigenvalue weighted by Crippen LogP contribution is -2.47. The zero-order valence-electron chi connectivity index (χ0n) is 11.7. The minimum absolute atomic E-state index is 0.163. The summed E-state index contributed by atoms with van der Waals surface area (Å²) in [6.45, 7) is 1.95. The van der Waals surface area contributed by atoms with Gasteiger partial charge in [-0.3, -0.25) is 4.79 Å². The third-order valence-electron chi connectivity index (χ3n) is 3.96. The highest BCUT2D eigenvalue weighted by Gasteiger charge is 2.33. The second kappa shape index (κ2) is 6.41. The van der Waals surface area contributed by atoms with Crippen LogP contribution in [0.25, 0.3) is 0 Å². The van der Waals surface area contributed by atoms with Gasteiger partial charge in [-0.25, -0.2) is 0 Å². The van der Waals surface area contributed by atoms with Gasteiger partial charge in [-0.15, -0.1) is 0 Å². The van der Waals surface area contributed by atoms with Gasteiger partial charge in [-0.2, -0.15) is 5.26 Å². The lowest BCUT2D eigenvalue weighted by atomic mass is 9.91. The quantitative estimate of drug-likeness (QED) is 0.827. The summed E-state index contributed by atoms with van der Waals surface area (Å²) in [5.41, 5.74) is 0.921. The van der Waals surface area contributed by atoms with Gasteiger partial charge in [0.25, 0.3) is 5.91 Å². The first kappa shape index (κ1) is 15.1. The van der Waals surface area contributed by atoms with E-state index in [1.54, 1.807) is 6.07 Å². The summed E-state index contributed by atoms with van der Waals surface area (Å²) in [5.74, 6) is -0.163. The van der Waals surface area contributed by atoms with Crippen LogP contribution in [0.4, 0.5) is 0 Å². The van der Waals surface area contributed by atoms with Crippen LogP contribution in [-0.4, -0.2) is 11.4 Å². The summed E-state index contributed by atoms with van der Waals surface area (Å²) in [5, 5.41) is 12.5. The fourth-order valence-corrected chi connectivity index (χ4v) is 3.15.